The molecule has 2 N–H and O–H groups in total. The zero-order chi connectivity index (χ0) is 13.6. The van der Waals surface area contributed by atoms with Gasteiger partial charge in [0.05, 0.1) is 6.61 Å². The first-order valence-electron chi connectivity index (χ1n) is 5.39. The highest BCUT2D eigenvalue weighted by Crippen LogP contribution is 2.22. The highest BCUT2D eigenvalue weighted by molar-refractivity contribution is 9.10. The van der Waals surface area contributed by atoms with Crippen molar-refractivity contribution in [1.29, 1.82) is 0 Å². The number of methoxy groups -OCH3 is 1. The Bertz CT molecular complexity index is 493. The maximum absolute atomic E-state index is 12.1. The summed E-state index contributed by atoms with van der Waals surface area (Å²) in [6.07, 6.45) is 1.55. The van der Waals surface area contributed by atoms with E-state index in [1.54, 1.807) is 6.20 Å². The van der Waals surface area contributed by atoms with Crippen molar-refractivity contribution < 1.29 is 13.2 Å². The molecule has 6 nitrogen and oxygen atoms in total. The maximum atomic E-state index is 12.1. The molecular weight excluding hydrogens is 322 g/mol. The Hall–Kier alpha value is -0.700. The molecule has 1 heterocycles. The smallest absolute Gasteiger partial charge is 0.244 e. The lowest BCUT2D eigenvalue weighted by atomic mass is 10.4. The van der Waals surface area contributed by atoms with Gasteiger partial charge in [0.15, 0.2) is 0 Å². The standard InChI is InChI=1S/C10H16BrN3O3S/c1-3-12-10-9(6-8(11)7-13-10)18(15,16)14-4-5-17-2/h6-7,14H,3-5H2,1-2H3,(H,12,13). The van der Waals surface area contributed by atoms with Gasteiger partial charge < -0.3 is 10.1 Å². The van der Waals surface area contributed by atoms with E-state index in [-0.39, 0.29) is 11.4 Å². The number of sulfonamides is 1. The van der Waals surface area contributed by atoms with Crippen molar-refractivity contribution in [1.82, 2.24) is 9.71 Å². The molecule has 0 saturated heterocycles. The van der Waals surface area contributed by atoms with Gasteiger partial charge in [-0.05, 0) is 28.9 Å². The van der Waals surface area contributed by atoms with E-state index >= 15 is 0 Å². The third kappa shape index (κ3) is 4.20. The van der Waals surface area contributed by atoms with Gasteiger partial charge in [-0.25, -0.2) is 18.1 Å². The fourth-order valence-corrected chi connectivity index (χ4v) is 2.93. The number of ether oxygens (including phenoxy) is 1. The number of nitrogens with one attached hydrogen (secondary N) is 2. The monoisotopic (exact) mass is 337 g/mol. The Labute approximate surface area is 115 Å². The Kier molecular flexibility index (Phi) is 6.00. The van der Waals surface area contributed by atoms with Crippen LogP contribution in [0.4, 0.5) is 5.82 Å². The second-order valence-corrected chi connectivity index (χ2v) is 6.07. The van der Waals surface area contributed by atoms with Gasteiger partial charge in [-0.3, -0.25) is 0 Å². The van der Waals surface area contributed by atoms with Crippen molar-refractivity contribution in [2.24, 2.45) is 0 Å². The van der Waals surface area contributed by atoms with Crippen LogP contribution < -0.4 is 10.0 Å². The molecule has 0 aliphatic rings. The van der Waals surface area contributed by atoms with Gasteiger partial charge >= 0.3 is 0 Å². The number of nitrogens with zero attached hydrogens (tertiary/aromatic N) is 1. The molecule has 18 heavy (non-hydrogen) atoms. The van der Waals surface area contributed by atoms with Crippen molar-refractivity contribution in [3.8, 4) is 0 Å². The van der Waals surface area contributed by atoms with Crippen LogP contribution in [0.15, 0.2) is 21.6 Å². The quantitative estimate of drug-likeness (QED) is 0.731. The minimum absolute atomic E-state index is 0.120. The van der Waals surface area contributed by atoms with Gasteiger partial charge in [-0.15, -0.1) is 0 Å². The summed E-state index contributed by atoms with van der Waals surface area (Å²) in [5.74, 6) is 0.339. The van der Waals surface area contributed by atoms with Gasteiger partial charge in [-0.2, -0.15) is 0 Å². The molecule has 0 saturated carbocycles. The molecule has 0 radical (unpaired) electrons. The summed E-state index contributed by atoms with van der Waals surface area (Å²) in [6.45, 7) is 3.00. The Morgan fingerprint density at radius 1 is 1.50 bits per heavy atom. The summed E-state index contributed by atoms with van der Waals surface area (Å²) < 4.78 is 32.0. The maximum Gasteiger partial charge on any atom is 0.244 e. The fourth-order valence-electron chi connectivity index (χ4n) is 1.28. The van der Waals surface area contributed by atoms with Crippen molar-refractivity contribution in [3.05, 3.63) is 16.7 Å². The molecule has 0 atom stereocenters. The number of anilines is 1. The van der Waals surface area contributed by atoms with Crippen LogP contribution in [0.5, 0.6) is 0 Å². The first-order chi connectivity index (χ1) is 8.51. The van der Waals surface area contributed by atoms with Crippen LogP contribution in [-0.4, -0.2) is 40.2 Å². The first kappa shape index (κ1) is 15.4. The molecule has 0 unspecified atom stereocenters. The van der Waals surface area contributed by atoms with E-state index in [0.717, 1.165) is 0 Å². The predicted octanol–water partition coefficient (Wildman–Crippen LogP) is 1.20. The molecule has 102 valence electrons. The molecule has 8 heteroatoms. The molecule has 0 aliphatic heterocycles. The van der Waals surface area contributed by atoms with E-state index in [0.29, 0.717) is 23.4 Å². The summed E-state index contributed by atoms with van der Waals surface area (Å²) in [7, 11) is -2.08. The normalized spacial score (nSPS) is 11.5. The Morgan fingerprint density at radius 2 is 2.22 bits per heavy atom. The molecule has 1 aromatic heterocycles. The number of rotatable bonds is 7. The second-order valence-electron chi connectivity index (χ2n) is 3.42. The summed E-state index contributed by atoms with van der Waals surface area (Å²) in [5, 5.41) is 2.92. The highest BCUT2D eigenvalue weighted by atomic mass is 79.9. The van der Waals surface area contributed by atoms with Gasteiger partial charge in [0, 0.05) is 30.9 Å². The lowest BCUT2D eigenvalue weighted by Gasteiger charge is -2.11. The van der Waals surface area contributed by atoms with Gasteiger partial charge in [0.1, 0.15) is 10.7 Å². The van der Waals surface area contributed by atoms with Crippen molar-refractivity contribution >= 4 is 31.8 Å². The van der Waals surface area contributed by atoms with E-state index in [2.05, 4.69) is 31.0 Å². The van der Waals surface area contributed by atoms with Crippen LogP contribution in [0.1, 0.15) is 6.92 Å². The van der Waals surface area contributed by atoms with Gasteiger partial charge in [0.25, 0.3) is 0 Å². The van der Waals surface area contributed by atoms with Gasteiger partial charge in [0.2, 0.25) is 10.0 Å². The zero-order valence-electron chi connectivity index (χ0n) is 10.2. The lowest BCUT2D eigenvalue weighted by Crippen LogP contribution is -2.28. The van der Waals surface area contributed by atoms with E-state index in [4.69, 9.17) is 4.74 Å². The second kappa shape index (κ2) is 7.03. The molecule has 0 amide bonds. The van der Waals surface area contributed by atoms with E-state index in [9.17, 15) is 8.42 Å². The lowest BCUT2D eigenvalue weighted by molar-refractivity contribution is 0.204. The Balaban J connectivity index is 3.01. The number of aromatic nitrogens is 1. The minimum Gasteiger partial charge on any atom is -0.383 e. The van der Waals surface area contributed by atoms with Crippen LogP contribution in [0.25, 0.3) is 0 Å². The van der Waals surface area contributed by atoms with E-state index < -0.39 is 10.0 Å². The highest BCUT2D eigenvalue weighted by Gasteiger charge is 2.19. The predicted molar refractivity (Wildman–Crippen MR) is 73.2 cm³/mol. The number of hydrogen-bond acceptors (Lipinski definition) is 5. The first-order valence-corrected chi connectivity index (χ1v) is 7.67. The average Bonchev–Trinajstić information content (AvgIpc) is 2.32. The average molecular weight is 338 g/mol. The van der Waals surface area contributed by atoms with Crippen LogP contribution in [0.2, 0.25) is 0 Å². The molecule has 0 spiro atoms. The minimum atomic E-state index is -3.59. The third-order valence-corrected chi connectivity index (χ3v) is 3.96. The van der Waals surface area contributed by atoms with Gasteiger partial charge in [-0.1, -0.05) is 0 Å². The Morgan fingerprint density at radius 3 is 2.83 bits per heavy atom. The number of hydrogen-bond donors (Lipinski definition) is 2. The van der Waals surface area contributed by atoms with E-state index in [1.165, 1.54) is 13.2 Å². The van der Waals surface area contributed by atoms with Crippen molar-refractivity contribution in [2.45, 2.75) is 11.8 Å². The molecule has 0 bridgehead atoms. The topological polar surface area (TPSA) is 80.3 Å². The zero-order valence-corrected chi connectivity index (χ0v) is 12.6. The van der Waals surface area contributed by atoms with Crippen LogP contribution in [0, 0.1) is 0 Å². The van der Waals surface area contributed by atoms with Crippen LogP contribution >= 0.6 is 15.9 Å². The third-order valence-electron chi connectivity index (χ3n) is 2.05. The molecular formula is C10H16BrN3O3S. The number of pyridine rings is 1. The summed E-state index contributed by atoms with van der Waals surface area (Å²) in [4.78, 5) is 4.17. The van der Waals surface area contributed by atoms with Crippen LogP contribution in [-0.2, 0) is 14.8 Å². The van der Waals surface area contributed by atoms with Crippen molar-refractivity contribution in [2.75, 3.05) is 32.1 Å². The fraction of sp³-hybridized carbons (Fsp3) is 0.500. The van der Waals surface area contributed by atoms with Crippen molar-refractivity contribution in [3.63, 3.8) is 0 Å². The van der Waals surface area contributed by atoms with E-state index in [1.807, 2.05) is 6.92 Å². The molecule has 0 fully saturated rings. The molecule has 0 aromatic carbocycles. The largest absolute Gasteiger partial charge is 0.383 e. The molecule has 1 rings (SSSR count). The SMILES string of the molecule is CCNc1ncc(Br)cc1S(=O)(=O)NCCOC. The summed E-state index contributed by atoms with van der Waals surface area (Å²) in [6, 6.07) is 1.51. The summed E-state index contributed by atoms with van der Waals surface area (Å²) in [5.41, 5.74) is 0. The molecule has 1 aromatic rings. The number of halogens is 1. The molecule has 0 aliphatic carbocycles. The van der Waals surface area contributed by atoms with Crippen LogP contribution in [0.3, 0.4) is 0 Å². The summed E-state index contributed by atoms with van der Waals surface area (Å²) >= 11 is 3.21.